The van der Waals surface area contributed by atoms with E-state index in [2.05, 4.69) is 224 Å². The molecule has 0 spiro atoms. The molecular weight excluding hydrogens is 745 g/mol. The van der Waals surface area contributed by atoms with Crippen molar-refractivity contribution >= 4 is 34.1 Å². The molecule has 12 rings (SSSR count). The molecule has 0 radical (unpaired) electrons. The third-order valence-corrected chi connectivity index (χ3v) is 13.8. The summed E-state index contributed by atoms with van der Waals surface area (Å²) in [6.45, 7) is 0. The number of aliphatic imine (C=N–C) groups is 1. The van der Waals surface area contributed by atoms with E-state index in [1.807, 2.05) is 11.8 Å². The Morgan fingerprint density at radius 2 is 1.08 bits per heavy atom. The maximum Gasteiger partial charge on any atom is 0.134 e. The van der Waals surface area contributed by atoms with E-state index >= 15 is 0 Å². The highest BCUT2D eigenvalue weighted by atomic mass is 32.2. The van der Waals surface area contributed by atoms with Crippen LogP contribution in [0.2, 0.25) is 0 Å². The van der Waals surface area contributed by atoms with Gasteiger partial charge >= 0.3 is 0 Å². The van der Waals surface area contributed by atoms with Gasteiger partial charge in [0.05, 0.1) is 17.2 Å². The molecule has 0 saturated carbocycles. The van der Waals surface area contributed by atoms with Crippen molar-refractivity contribution in [2.24, 2.45) is 4.99 Å². The Kier molecular flexibility index (Phi) is 8.11. The third-order valence-electron chi connectivity index (χ3n) is 12.6. The molecule has 1 aliphatic carbocycles. The standard InChI is InChI=1S/C57H38N2S/c1-5-18-37(19-6-1)39-23-17-24-42(34-39)56-58-53(55-54(59-56)47-30-15-16-31-50(47)60-55)41-32-33-46-49(36-41)57(43-25-9-3-10-26-43,44-27-11-4-12-28-44)52-45-29-14-13-22-40(45)35-48(51(46)52)38-20-7-2-8-21-38/h1-36,54H,(H,58,59). The highest BCUT2D eigenvalue weighted by Gasteiger charge is 2.48. The zero-order valence-electron chi connectivity index (χ0n) is 32.7. The minimum Gasteiger partial charge on any atom is -0.358 e. The Hall–Kier alpha value is -7.20. The number of nitrogens with zero attached hydrogens (tertiary/aromatic N) is 1. The summed E-state index contributed by atoms with van der Waals surface area (Å²) < 4.78 is 0. The SMILES string of the molecule is c1ccc(-c2cccc(C3=NC(c4ccc5c(c4)C(c4ccccc4)(c4ccccc4)c4c-5c(-c5ccccc5)cc5ccccc45)=C4Sc5ccccc5C4N3)c2)cc1. The average Bonchev–Trinajstić information content (AvgIpc) is 3.86. The monoisotopic (exact) mass is 782 g/mol. The van der Waals surface area contributed by atoms with Crippen molar-refractivity contribution in [2.45, 2.75) is 16.4 Å². The second-order valence-electron chi connectivity index (χ2n) is 15.8. The summed E-state index contributed by atoms with van der Waals surface area (Å²) in [4.78, 5) is 8.13. The molecule has 1 N–H and O–H groups in total. The van der Waals surface area contributed by atoms with Gasteiger partial charge < -0.3 is 5.32 Å². The van der Waals surface area contributed by atoms with Crippen molar-refractivity contribution < 1.29 is 0 Å². The summed E-state index contributed by atoms with van der Waals surface area (Å²) in [5, 5.41) is 6.42. The van der Waals surface area contributed by atoms with Gasteiger partial charge in [-0.2, -0.15) is 0 Å². The van der Waals surface area contributed by atoms with Gasteiger partial charge in [-0.1, -0.05) is 206 Å². The highest BCUT2D eigenvalue weighted by Crippen LogP contribution is 2.61. The van der Waals surface area contributed by atoms with Gasteiger partial charge in [-0.3, -0.25) is 0 Å². The molecule has 0 aromatic heterocycles. The van der Waals surface area contributed by atoms with E-state index in [-0.39, 0.29) is 6.04 Å². The number of nitrogens with one attached hydrogen (secondary N) is 1. The van der Waals surface area contributed by atoms with E-state index in [9.17, 15) is 0 Å². The molecule has 282 valence electrons. The molecule has 9 aromatic carbocycles. The van der Waals surface area contributed by atoms with Crippen LogP contribution in [0.15, 0.2) is 233 Å². The van der Waals surface area contributed by atoms with E-state index in [0.717, 1.165) is 22.7 Å². The largest absolute Gasteiger partial charge is 0.358 e. The second-order valence-corrected chi connectivity index (χ2v) is 16.9. The fourth-order valence-corrected chi connectivity index (χ4v) is 11.2. The van der Waals surface area contributed by atoms with E-state index in [1.54, 1.807) is 0 Å². The maximum atomic E-state index is 5.63. The predicted molar refractivity (Wildman–Crippen MR) is 250 cm³/mol. The Labute approximate surface area is 354 Å². The van der Waals surface area contributed by atoms with Crippen LogP contribution < -0.4 is 5.32 Å². The number of thioether (sulfide) groups is 1. The van der Waals surface area contributed by atoms with Crippen LogP contribution >= 0.6 is 11.8 Å². The second kappa shape index (κ2) is 14.0. The minimum atomic E-state index is -0.618. The van der Waals surface area contributed by atoms with E-state index in [0.29, 0.717) is 0 Å². The van der Waals surface area contributed by atoms with Crippen LogP contribution in [0.4, 0.5) is 0 Å². The van der Waals surface area contributed by atoms with Crippen molar-refractivity contribution in [1.82, 2.24) is 5.32 Å². The lowest BCUT2D eigenvalue weighted by Crippen LogP contribution is -2.32. The average molecular weight is 783 g/mol. The molecule has 0 saturated heterocycles. The topological polar surface area (TPSA) is 24.4 Å². The van der Waals surface area contributed by atoms with E-state index < -0.39 is 5.41 Å². The van der Waals surface area contributed by atoms with Crippen molar-refractivity contribution in [3.8, 4) is 33.4 Å². The van der Waals surface area contributed by atoms with E-state index in [1.165, 1.54) is 81.8 Å². The fourth-order valence-electron chi connectivity index (χ4n) is 9.99. The van der Waals surface area contributed by atoms with Gasteiger partial charge in [0.2, 0.25) is 0 Å². The molecule has 1 unspecified atom stereocenters. The van der Waals surface area contributed by atoms with Crippen molar-refractivity contribution in [2.75, 3.05) is 0 Å². The molecule has 60 heavy (non-hydrogen) atoms. The van der Waals surface area contributed by atoms with Crippen LogP contribution in [-0.2, 0) is 5.41 Å². The summed E-state index contributed by atoms with van der Waals surface area (Å²) in [6, 6.07) is 80.0. The van der Waals surface area contributed by atoms with E-state index in [4.69, 9.17) is 4.99 Å². The summed E-state index contributed by atoms with van der Waals surface area (Å²) in [6.07, 6.45) is 0. The molecule has 3 heteroatoms. The van der Waals surface area contributed by atoms with Crippen LogP contribution in [0.1, 0.15) is 45.0 Å². The van der Waals surface area contributed by atoms with Crippen LogP contribution in [0, 0.1) is 0 Å². The third kappa shape index (κ3) is 5.33. The number of benzene rings is 9. The first-order valence-electron chi connectivity index (χ1n) is 20.7. The first-order valence-corrected chi connectivity index (χ1v) is 21.5. The van der Waals surface area contributed by atoms with Gasteiger partial charge in [0.1, 0.15) is 5.84 Å². The predicted octanol–water partition coefficient (Wildman–Crippen LogP) is 14.1. The molecule has 9 aromatic rings. The normalized spacial score (nSPS) is 15.7. The van der Waals surface area contributed by atoms with Crippen molar-refractivity contribution in [3.63, 3.8) is 0 Å². The summed E-state index contributed by atoms with van der Waals surface area (Å²) in [7, 11) is 0. The minimum absolute atomic E-state index is 0.0128. The Balaban J connectivity index is 1.15. The molecule has 2 heterocycles. The summed E-state index contributed by atoms with van der Waals surface area (Å²) in [5.74, 6) is 0.882. The van der Waals surface area contributed by atoms with Gasteiger partial charge in [0, 0.05) is 20.9 Å². The lowest BCUT2D eigenvalue weighted by molar-refractivity contribution is 0.766. The molecule has 0 fully saturated rings. The zero-order chi connectivity index (χ0) is 39.6. The van der Waals surface area contributed by atoms with Crippen LogP contribution in [-0.4, -0.2) is 5.84 Å². The quantitative estimate of drug-likeness (QED) is 0.182. The molecule has 0 amide bonds. The van der Waals surface area contributed by atoms with Gasteiger partial charge in [-0.15, -0.1) is 0 Å². The molecule has 0 bridgehead atoms. The molecule has 2 aliphatic heterocycles. The Morgan fingerprint density at radius 3 is 1.83 bits per heavy atom. The van der Waals surface area contributed by atoms with Crippen LogP contribution in [0.3, 0.4) is 0 Å². The summed E-state index contributed by atoms with van der Waals surface area (Å²) >= 11 is 1.85. The van der Waals surface area contributed by atoms with Gasteiger partial charge in [0.15, 0.2) is 0 Å². The zero-order valence-corrected chi connectivity index (χ0v) is 33.5. The molecule has 2 nitrogen and oxygen atoms in total. The number of rotatable bonds is 6. The Morgan fingerprint density at radius 1 is 0.467 bits per heavy atom. The van der Waals surface area contributed by atoms with Gasteiger partial charge in [-0.25, -0.2) is 4.99 Å². The molecule has 3 aliphatic rings. The van der Waals surface area contributed by atoms with Crippen molar-refractivity contribution in [3.05, 3.63) is 262 Å². The number of fused-ring (bicyclic) bond motifs is 8. The molecule has 1 atom stereocenters. The highest BCUT2D eigenvalue weighted by molar-refractivity contribution is 8.03. The smallest absolute Gasteiger partial charge is 0.134 e. The van der Waals surface area contributed by atoms with Crippen LogP contribution in [0.25, 0.3) is 49.9 Å². The Bertz CT molecular complexity index is 3150. The fraction of sp³-hybridized carbons (Fsp3) is 0.0351. The van der Waals surface area contributed by atoms with Crippen LogP contribution in [0.5, 0.6) is 0 Å². The molecular formula is C57H38N2S. The maximum absolute atomic E-state index is 5.63. The number of hydrogen-bond donors (Lipinski definition) is 1. The first-order chi connectivity index (χ1) is 29.8. The number of amidine groups is 1. The lowest BCUT2D eigenvalue weighted by Gasteiger charge is -2.35. The lowest BCUT2D eigenvalue weighted by atomic mass is 9.66. The first kappa shape index (κ1) is 34.8. The number of hydrogen-bond acceptors (Lipinski definition) is 3. The van der Waals surface area contributed by atoms with Gasteiger partial charge in [-0.05, 0) is 96.2 Å². The van der Waals surface area contributed by atoms with Crippen molar-refractivity contribution in [1.29, 1.82) is 0 Å². The summed E-state index contributed by atoms with van der Waals surface area (Å²) in [5.41, 5.74) is 16.3. The van der Waals surface area contributed by atoms with Gasteiger partial charge in [0.25, 0.3) is 0 Å².